The number of carbonyl (C=O) groups is 1. The van der Waals surface area contributed by atoms with Gasteiger partial charge in [0.05, 0.1) is 17.2 Å². The van der Waals surface area contributed by atoms with E-state index in [1.807, 2.05) is 28.8 Å². The molecule has 9 heteroatoms. The van der Waals surface area contributed by atoms with Crippen LogP contribution < -0.4 is 0 Å². The topological polar surface area (TPSA) is 79.1 Å². The Labute approximate surface area is 178 Å². The second kappa shape index (κ2) is 10.4. The molecule has 0 aliphatic rings. The van der Waals surface area contributed by atoms with E-state index in [0.29, 0.717) is 46.4 Å². The number of hydrogen-bond acceptors (Lipinski definition) is 7. The van der Waals surface area contributed by atoms with Crippen LogP contribution in [0.3, 0.4) is 0 Å². The van der Waals surface area contributed by atoms with Crippen molar-refractivity contribution in [2.45, 2.75) is 30.1 Å². The summed E-state index contributed by atoms with van der Waals surface area (Å²) in [5.74, 6) is 0.303. The fourth-order valence-electron chi connectivity index (χ4n) is 2.64. The fourth-order valence-corrected chi connectivity index (χ4v) is 3.66. The number of pyridine rings is 1. The summed E-state index contributed by atoms with van der Waals surface area (Å²) in [6.45, 7) is 3.38. The SMILES string of the molecule is CCOC(=O)c1ccc(Sc2nnc(-c3ccccc3Cl)n2CCCOC)nc1. The molecule has 0 radical (unpaired) electrons. The zero-order valence-corrected chi connectivity index (χ0v) is 17.7. The lowest BCUT2D eigenvalue weighted by molar-refractivity contribution is 0.0525. The van der Waals surface area contributed by atoms with Crippen LogP contribution in [-0.2, 0) is 16.0 Å². The van der Waals surface area contributed by atoms with Gasteiger partial charge < -0.3 is 14.0 Å². The molecule has 0 N–H and O–H groups in total. The maximum atomic E-state index is 11.8. The molecule has 0 saturated heterocycles. The Morgan fingerprint density at radius 3 is 2.72 bits per heavy atom. The molecule has 7 nitrogen and oxygen atoms in total. The molecule has 152 valence electrons. The second-order valence-electron chi connectivity index (χ2n) is 5.99. The van der Waals surface area contributed by atoms with Gasteiger partial charge >= 0.3 is 5.97 Å². The third kappa shape index (κ3) is 5.35. The van der Waals surface area contributed by atoms with Crippen molar-refractivity contribution in [2.24, 2.45) is 0 Å². The molecule has 0 atom stereocenters. The Bertz CT molecular complexity index is 963. The summed E-state index contributed by atoms with van der Waals surface area (Å²) in [6, 6.07) is 11.0. The van der Waals surface area contributed by atoms with Crippen LogP contribution in [-0.4, -0.2) is 46.0 Å². The Hall–Kier alpha value is -2.42. The van der Waals surface area contributed by atoms with E-state index in [0.717, 1.165) is 12.0 Å². The molecule has 3 aromatic rings. The molecule has 0 amide bonds. The summed E-state index contributed by atoms with van der Waals surface area (Å²) < 4.78 is 12.2. The van der Waals surface area contributed by atoms with Crippen LogP contribution in [0.2, 0.25) is 5.02 Å². The summed E-state index contributed by atoms with van der Waals surface area (Å²) >= 11 is 7.74. The van der Waals surface area contributed by atoms with Crippen molar-refractivity contribution in [3.63, 3.8) is 0 Å². The maximum Gasteiger partial charge on any atom is 0.339 e. The number of halogens is 1. The number of carbonyl (C=O) groups excluding carboxylic acids is 1. The van der Waals surface area contributed by atoms with Gasteiger partial charge in [-0.25, -0.2) is 9.78 Å². The van der Waals surface area contributed by atoms with Gasteiger partial charge in [-0.15, -0.1) is 10.2 Å². The van der Waals surface area contributed by atoms with E-state index < -0.39 is 0 Å². The van der Waals surface area contributed by atoms with Crippen molar-refractivity contribution in [3.8, 4) is 11.4 Å². The molecule has 0 fully saturated rings. The number of nitrogens with zero attached hydrogens (tertiary/aromatic N) is 4. The normalized spacial score (nSPS) is 10.9. The van der Waals surface area contributed by atoms with Crippen molar-refractivity contribution in [3.05, 3.63) is 53.2 Å². The highest BCUT2D eigenvalue weighted by Crippen LogP contribution is 2.31. The number of rotatable bonds is 9. The number of hydrogen-bond donors (Lipinski definition) is 0. The standard InChI is InChI=1S/C20H21ClN4O3S/c1-3-28-19(26)14-9-10-17(22-13-14)29-20-24-23-18(25(20)11-6-12-27-2)15-7-4-5-8-16(15)21/h4-5,7-10,13H,3,6,11-12H2,1-2H3. The molecule has 0 aliphatic carbocycles. The second-order valence-corrected chi connectivity index (χ2v) is 7.39. The summed E-state index contributed by atoms with van der Waals surface area (Å²) in [4.78, 5) is 16.1. The molecule has 2 heterocycles. The Morgan fingerprint density at radius 2 is 2.03 bits per heavy atom. The molecule has 0 bridgehead atoms. The number of esters is 1. The molecule has 0 saturated carbocycles. The zero-order valence-electron chi connectivity index (χ0n) is 16.2. The van der Waals surface area contributed by atoms with Gasteiger partial charge in [-0.1, -0.05) is 23.7 Å². The minimum Gasteiger partial charge on any atom is -0.462 e. The highest BCUT2D eigenvalue weighted by atomic mass is 35.5. The van der Waals surface area contributed by atoms with E-state index in [2.05, 4.69) is 15.2 Å². The average Bonchev–Trinajstić information content (AvgIpc) is 3.11. The average molecular weight is 433 g/mol. The van der Waals surface area contributed by atoms with Crippen molar-refractivity contribution in [1.82, 2.24) is 19.7 Å². The number of benzene rings is 1. The molecule has 0 spiro atoms. The van der Waals surface area contributed by atoms with Gasteiger partial charge in [-0.05, 0) is 49.4 Å². The quantitative estimate of drug-likeness (QED) is 0.367. The van der Waals surface area contributed by atoms with Gasteiger partial charge in [0.25, 0.3) is 0 Å². The third-order valence-electron chi connectivity index (χ3n) is 4.01. The van der Waals surface area contributed by atoms with Crippen molar-refractivity contribution in [1.29, 1.82) is 0 Å². The van der Waals surface area contributed by atoms with Crippen LogP contribution in [0.15, 0.2) is 52.8 Å². The molecular weight excluding hydrogens is 412 g/mol. The minimum atomic E-state index is -0.389. The maximum absolute atomic E-state index is 11.8. The van der Waals surface area contributed by atoms with Crippen LogP contribution in [0.5, 0.6) is 0 Å². The molecule has 0 unspecified atom stereocenters. The van der Waals surface area contributed by atoms with E-state index in [9.17, 15) is 4.79 Å². The highest BCUT2D eigenvalue weighted by molar-refractivity contribution is 7.99. The van der Waals surface area contributed by atoms with E-state index in [-0.39, 0.29) is 5.97 Å². The molecule has 2 aromatic heterocycles. The predicted molar refractivity (Wildman–Crippen MR) is 111 cm³/mol. The first kappa shape index (κ1) is 21.3. The number of ether oxygens (including phenoxy) is 2. The summed E-state index contributed by atoms with van der Waals surface area (Å²) in [5, 5.41) is 10.7. The van der Waals surface area contributed by atoms with Crippen molar-refractivity contribution < 1.29 is 14.3 Å². The van der Waals surface area contributed by atoms with Crippen LogP contribution in [0.25, 0.3) is 11.4 Å². The zero-order chi connectivity index (χ0) is 20.6. The van der Waals surface area contributed by atoms with Crippen LogP contribution in [0.4, 0.5) is 0 Å². The highest BCUT2D eigenvalue weighted by Gasteiger charge is 2.17. The summed E-state index contributed by atoms with van der Waals surface area (Å²) in [6.07, 6.45) is 2.30. The summed E-state index contributed by atoms with van der Waals surface area (Å²) in [7, 11) is 1.67. The monoisotopic (exact) mass is 432 g/mol. The first-order chi connectivity index (χ1) is 14.1. The van der Waals surface area contributed by atoms with Crippen LogP contribution in [0, 0.1) is 0 Å². The van der Waals surface area contributed by atoms with Gasteiger partial charge in [-0.3, -0.25) is 0 Å². The largest absolute Gasteiger partial charge is 0.462 e. The molecule has 0 aliphatic heterocycles. The molecular formula is C20H21ClN4O3S. The van der Waals surface area contributed by atoms with E-state index in [4.69, 9.17) is 21.1 Å². The van der Waals surface area contributed by atoms with E-state index >= 15 is 0 Å². The van der Waals surface area contributed by atoms with Crippen molar-refractivity contribution in [2.75, 3.05) is 20.3 Å². The smallest absolute Gasteiger partial charge is 0.339 e. The molecule has 29 heavy (non-hydrogen) atoms. The summed E-state index contributed by atoms with van der Waals surface area (Å²) in [5.41, 5.74) is 1.23. The molecule has 3 rings (SSSR count). The van der Waals surface area contributed by atoms with E-state index in [1.54, 1.807) is 26.2 Å². The minimum absolute atomic E-state index is 0.324. The number of methoxy groups -OCH3 is 1. The lowest BCUT2D eigenvalue weighted by Gasteiger charge is -2.11. The van der Waals surface area contributed by atoms with Crippen LogP contribution in [0.1, 0.15) is 23.7 Å². The van der Waals surface area contributed by atoms with Gasteiger partial charge in [0.1, 0.15) is 5.03 Å². The predicted octanol–water partition coefficient (Wildman–Crippen LogP) is 4.36. The van der Waals surface area contributed by atoms with Crippen molar-refractivity contribution >= 4 is 29.3 Å². The lowest BCUT2D eigenvalue weighted by Crippen LogP contribution is -2.06. The van der Waals surface area contributed by atoms with Gasteiger partial charge in [-0.2, -0.15) is 0 Å². The number of aromatic nitrogens is 4. The fraction of sp³-hybridized carbons (Fsp3) is 0.300. The lowest BCUT2D eigenvalue weighted by atomic mass is 10.2. The first-order valence-electron chi connectivity index (χ1n) is 9.12. The molecule has 1 aromatic carbocycles. The van der Waals surface area contributed by atoms with E-state index in [1.165, 1.54) is 18.0 Å². The Balaban J connectivity index is 1.86. The Morgan fingerprint density at radius 1 is 1.21 bits per heavy atom. The third-order valence-corrected chi connectivity index (χ3v) is 5.27. The first-order valence-corrected chi connectivity index (χ1v) is 10.3. The Kier molecular flexibility index (Phi) is 7.62. The van der Waals surface area contributed by atoms with Crippen LogP contribution >= 0.6 is 23.4 Å². The van der Waals surface area contributed by atoms with Gasteiger partial charge in [0.2, 0.25) is 0 Å². The van der Waals surface area contributed by atoms with Gasteiger partial charge in [0, 0.05) is 32.0 Å². The van der Waals surface area contributed by atoms with Gasteiger partial charge in [0.15, 0.2) is 11.0 Å².